The summed E-state index contributed by atoms with van der Waals surface area (Å²) in [6.07, 6.45) is 0.759. The third kappa shape index (κ3) is 3.94. The van der Waals surface area contributed by atoms with Crippen molar-refractivity contribution in [2.24, 2.45) is 0 Å². The molecule has 0 unspecified atom stereocenters. The van der Waals surface area contributed by atoms with Gasteiger partial charge in [-0.05, 0) is 36.3 Å². The van der Waals surface area contributed by atoms with Crippen LogP contribution in [0.3, 0.4) is 0 Å². The minimum atomic E-state index is -0.517. The summed E-state index contributed by atoms with van der Waals surface area (Å²) in [6, 6.07) is 16.4. The van der Waals surface area contributed by atoms with Gasteiger partial charge in [0.1, 0.15) is 6.54 Å². The van der Waals surface area contributed by atoms with Crippen LogP contribution in [0.5, 0.6) is 0 Å². The van der Waals surface area contributed by atoms with Crippen LogP contribution in [0.15, 0.2) is 54.6 Å². The van der Waals surface area contributed by atoms with Gasteiger partial charge in [-0.3, -0.25) is 19.3 Å². The smallest absolute Gasteiger partial charge is 0.262 e. The highest BCUT2D eigenvalue weighted by molar-refractivity contribution is 7.80. The van der Waals surface area contributed by atoms with Crippen molar-refractivity contribution in [2.75, 3.05) is 13.1 Å². The van der Waals surface area contributed by atoms with Gasteiger partial charge in [-0.2, -0.15) is 0 Å². The number of imide groups is 1. The summed E-state index contributed by atoms with van der Waals surface area (Å²) in [6.45, 7) is 0.197. The Morgan fingerprint density at radius 1 is 0.923 bits per heavy atom. The standard InChI is InChI=1S/C19H17N3O3S/c23-16(21-19(26)20-11-10-13-6-2-1-3-7-13)12-22-17(24)14-8-4-5-9-15(14)18(22)25/h1-9H,10-12H2,(H2,20,21,23,26). The van der Waals surface area contributed by atoms with Crippen LogP contribution in [0.1, 0.15) is 26.3 Å². The van der Waals surface area contributed by atoms with Crippen LogP contribution in [-0.4, -0.2) is 40.8 Å². The molecule has 1 aliphatic rings. The van der Waals surface area contributed by atoms with Crippen molar-refractivity contribution in [2.45, 2.75) is 6.42 Å². The van der Waals surface area contributed by atoms with Crippen LogP contribution in [0.2, 0.25) is 0 Å². The molecule has 0 saturated heterocycles. The molecule has 0 aromatic heterocycles. The van der Waals surface area contributed by atoms with Crippen LogP contribution < -0.4 is 10.6 Å². The normalized spacial score (nSPS) is 12.7. The van der Waals surface area contributed by atoms with Gasteiger partial charge in [-0.15, -0.1) is 0 Å². The highest BCUT2D eigenvalue weighted by Gasteiger charge is 2.36. The molecule has 1 aliphatic heterocycles. The number of hydrogen-bond acceptors (Lipinski definition) is 4. The van der Waals surface area contributed by atoms with Gasteiger partial charge in [0.2, 0.25) is 5.91 Å². The number of benzene rings is 2. The fourth-order valence-corrected chi connectivity index (χ4v) is 2.92. The molecule has 0 bridgehead atoms. The number of carbonyl (C=O) groups excluding carboxylic acids is 3. The van der Waals surface area contributed by atoms with Crippen molar-refractivity contribution >= 4 is 35.1 Å². The molecule has 3 rings (SSSR count). The van der Waals surface area contributed by atoms with E-state index in [-0.39, 0.29) is 11.7 Å². The van der Waals surface area contributed by atoms with E-state index >= 15 is 0 Å². The Balaban J connectivity index is 1.48. The summed E-state index contributed by atoms with van der Waals surface area (Å²) in [5.74, 6) is -1.45. The zero-order chi connectivity index (χ0) is 18.5. The highest BCUT2D eigenvalue weighted by atomic mass is 32.1. The van der Waals surface area contributed by atoms with Crippen molar-refractivity contribution in [1.29, 1.82) is 0 Å². The minimum absolute atomic E-state index is 0.169. The summed E-state index contributed by atoms with van der Waals surface area (Å²) < 4.78 is 0. The Kier molecular flexibility index (Phi) is 5.38. The first-order chi connectivity index (χ1) is 12.6. The Hall–Kier alpha value is -3.06. The van der Waals surface area contributed by atoms with Gasteiger partial charge in [0.15, 0.2) is 5.11 Å². The topological polar surface area (TPSA) is 78.5 Å². The first kappa shape index (κ1) is 17.8. The summed E-state index contributed by atoms with van der Waals surface area (Å²) in [7, 11) is 0. The summed E-state index contributed by atoms with van der Waals surface area (Å²) in [4.78, 5) is 37.5. The lowest BCUT2D eigenvalue weighted by Gasteiger charge is -2.14. The van der Waals surface area contributed by atoms with Gasteiger partial charge in [-0.25, -0.2) is 0 Å². The van der Waals surface area contributed by atoms with Crippen molar-refractivity contribution in [3.63, 3.8) is 0 Å². The Morgan fingerprint density at radius 2 is 1.50 bits per heavy atom. The van der Waals surface area contributed by atoms with Crippen molar-refractivity contribution in [1.82, 2.24) is 15.5 Å². The van der Waals surface area contributed by atoms with Crippen LogP contribution in [0, 0.1) is 0 Å². The van der Waals surface area contributed by atoms with E-state index < -0.39 is 17.7 Å². The fourth-order valence-electron chi connectivity index (χ4n) is 2.70. The Labute approximate surface area is 156 Å². The molecule has 0 fully saturated rings. The molecule has 2 aromatic rings. The number of hydrogen-bond donors (Lipinski definition) is 2. The lowest BCUT2D eigenvalue weighted by molar-refractivity contribution is -0.120. The molecule has 2 aromatic carbocycles. The molecule has 7 heteroatoms. The molecule has 1 heterocycles. The quantitative estimate of drug-likeness (QED) is 0.619. The van der Waals surface area contributed by atoms with Gasteiger partial charge in [0, 0.05) is 6.54 Å². The molecular formula is C19H17N3O3S. The van der Waals surface area contributed by atoms with Crippen LogP contribution in [0.4, 0.5) is 0 Å². The van der Waals surface area contributed by atoms with Crippen LogP contribution >= 0.6 is 12.2 Å². The third-order valence-electron chi connectivity index (χ3n) is 3.97. The maximum absolute atomic E-state index is 12.2. The van der Waals surface area contributed by atoms with Gasteiger partial charge in [-0.1, -0.05) is 42.5 Å². The average Bonchev–Trinajstić information content (AvgIpc) is 2.88. The first-order valence-electron chi connectivity index (χ1n) is 8.13. The van der Waals surface area contributed by atoms with E-state index in [1.54, 1.807) is 24.3 Å². The molecule has 0 radical (unpaired) electrons. The molecular weight excluding hydrogens is 350 g/mol. The number of nitrogens with zero attached hydrogens (tertiary/aromatic N) is 1. The Morgan fingerprint density at radius 3 is 2.12 bits per heavy atom. The molecule has 3 amide bonds. The van der Waals surface area contributed by atoms with Crippen molar-refractivity contribution < 1.29 is 14.4 Å². The van der Waals surface area contributed by atoms with Crippen LogP contribution in [0.25, 0.3) is 0 Å². The number of fused-ring (bicyclic) bond motifs is 1. The predicted molar refractivity (Wildman–Crippen MR) is 101 cm³/mol. The van der Waals surface area contributed by atoms with E-state index in [0.717, 1.165) is 16.9 Å². The monoisotopic (exact) mass is 367 g/mol. The van der Waals surface area contributed by atoms with E-state index in [9.17, 15) is 14.4 Å². The molecule has 0 atom stereocenters. The number of rotatable bonds is 5. The molecule has 0 spiro atoms. The molecule has 0 saturated carbocycles. The van der Waals surface area contributed by atoms with E-state index in [1.807, 2.05) is 30.3 Å². The zero-order valence-corrected chi connectivity index (χ0v) is 14.7. The second-order valence-electron chi connectivity index (χ2n) is 5.78. The highest BCUT2D eigenvalue weighted by Crippen LogP contribution is 2.21. The van der Waals surface area contributed by atoms with Gasteiger partial charge in [0.25, 0.3) is 11.8 Å². The summed E-state index contributed by atoms with van der Waals surface area (Å²) >= 11 is 5.08. The SMILES string of the molecule is O=C(CN1C(=O)c2ccccc2C1=O)NC(=S)NCCc1ccccc1. The summed E-state index contributed by atoms with van der Waals surface area (Å²) in [5, 5.41) is 5.60. The maximum atomic E-state index is 12.2. The molecule has 6 nitrogen and oxygen atoms in total. The maximum Gasteiger partial charge on any atom is 0.262 e. The fraction of sp³-hybridized carbons (Fsp3) is 0.158. The Bertz CT molecular complexity index is 832. The number of amides is 3. The van der Waals surface area contributed by atoms with Gasteiger partial charge >= 0.3 is 0 Å². The third-order valence-corrected chi connectivity index (χ3v) is 4.22. The number of thiocarbonyl (C=S) groups is 1. The van der Waals surface area contributed by atoms with E-state index in [2.05, 4.69) is 10.6 Å². The molecule has 2 N–H and O–H groups in total. The first-order valence-corrected chi connectivity index (χ1v) is 8.54. The number of nitrogens with one attached hydrogen (secondary N) is 2. The van der Waals surface area contributed by atoms with Gasteiger partial charge < -0.3 is 10.6 Å². The van der Waals surface area contributed by atoms with Gasteiger partial charge in [0.05, 0.1) is 11.1 Å². The van der Waals surface area contributed by atoms with Crippen molar-refractivity contribution in [3.8, 4) is 0 Å². The van der Waals surface area contributed by atoms with E-state index in [4.69, 9.17) is 12.2 Å². The summed E-state index contributed by atoms with van der Waals surface area (Å²) in [5.41, 5.74) is 1.78. The second kappa shape index (κ2) is 7.88. The predicted octanol–water partition coefficient (Wildman–Crippen LogP) is 1.52. The van der Waals surface area contributed by atoms with Crippen molar-refractivity contribution in [3.05, 3.63) is 71.3 Å². The lowest BCUT2D eigenvalue weighted by Crippen LogP contribution is -2.46. The zero-order valence-electron chi connectivity index (χ0n) is 13.9. The number of carbonyl (C=O) groups is 3. The van der Waals surface area contributed by atoms with E-state index in [1.165, 1.54) is 0 Å². The van der Waals surface area contributed by atoms with E-state index in [0.29, 0.717) is 17.7 Å². The largest absolute Gasteiger partial charge is 0.362 e. The molecule has 0 aliphatic carbocycles. The molecule has 132 valence electrons. The average molecular weight is 367 g/mol. The van der Waals surface area contributed by atoms with Crippen LogP contribution in [-0.2, 0) is 11.2 Å². The lowest BCUT2D eigenvalue weighted by atomic mass is 10.1. The minimum Gasteiger partial charge on any atom is -0.362 e. The second-order valence-corrected chi connectivity index (χ2v) is 6.19. The molecule has 26 heavy (non-hydrogen) atoms.